The van der Waals surface area contributed by atoms with E-state index in [9.17, 15) is 0 Å². The van der Waals surface area contributed by atoms with Crippen molar-refractivity contribution in [1.82, 2.24) is 20.2 Å². The van der Waals surface area contributed by atoms with Gasteiger partial charge >= 0.3 is 0 Å². The van der Waals surface area contributed by atoms with Gasteiger partial charge in [0.05, 0.1) is 5.69 Å². The Morgan fingerprint density at radius 1 is 1.23 bits per heavy atom. The third-order valence-corrected chi connectivity index (χ3v) is 4.64. The van der Waals surface area contributed by atoms with E-state index in [1.807, 2.05) is 30.6 Å². The molecule has 1 fully saturated rings. The van der Waals surface area contributed by atoms with Crippen LogP contribution in [0.1, 0.15) is 22.9 Å². The van der Waals surface area contributed by atoms with Crippen LogP contribution >= 0.6 is 12.4 Å². The maximum absolute atomic E-state index is 5.71. The molecule has 1 N–H and O–H groups in total. The Hall–Kier alpha value is -2.21. The van der Waals surface area contributed by atoms with Gasteiger partial charge in [0.1, 0.15) is 6.26 Å². The Balaban J connectivity index is 0.00000196. The molecule has 4 rings (SSSR count). The topological polar surface area (TPSA) is 54.2 Å². The summed E-state index contributed by atoms with van der Waals surface area (Å²) < 4.78 is 5.71. The predicted molar refractivity (Wildman–Crippen MR) is 104 cm³/mol. The number of aromatic nitrogens is 2. The highest BCUT2D eigenvalue weighted by molar-refractivity contribution is 5.85. The van der Waals surface area contributed by atoms with Gasteiger partial charge < -0.3 is 9.73 Å². The zero-order valence-corrected chi connectivity index (χ0v) is 15.6. The molecule has 136 valence electrons. The van der Waals surface area contributed by atoms with Gasteiger partial charge in [0.2, 0.25) is 5.89 Å². The molecular weight excluding hydrogens is 348 g/mol. The maximum Gasteiger partial charge on any atom is 0.226 e. The van der Waals surface area contributed by atoms with Gasteiger partial charge in [0.15, 0.2) is 0 Å². The van der Waals surface area contributed by atoms with Crippen molar-refractivity contribution in [3.8, 4) is 11.5 Å². The first kappa shape index (κ1) is 18.6. The molecule has 6 heteroatoms. The molecule has 1 atom stereocenters. The minimum atomic E-state index is 0. The first-order valence-corrected chi connectivity index (χ1v) is 8.66. The number of piperazine rings is 1. The Morgan fingerprint density at radius 2 is 2.08 bits per heavy atom. The second kappa shape index (κ2) is 8.45. The van der Waals surface area contributed by atoms with Crippen LogP contribution in [0.2, 0.25) is 0 Å². The van der Waals surface area contributed by atoms with Crippen LogP contribution in [-0.4, -0.2) is 34.5 Å². The molecule has 1 unspecified atom stereocenters. The number of hydrogen-bond acceptors (Lipinski definition) is 5. The average Bonchev–Trinajstić information content (AvgIpc) is 3.12. The summed E-state index contributed by atoms with van der Waals surface area (Å²) in [6.45, 7) is 5.74. The van der Waals surface area contributed by atoms with Crippen LogP contribution in [0.4, 0.5) is 0 Å². The molecule has 26 heavy (non-hydrogen) atoms. The fourth-order valence-corrected chi connectivity index (χ4v) is 3.25. The third kappa shape index (κ3) is 4.12. The Labute approximate surface area is 159 Å². The van der Waals surface area contributed by atoms with E-state index in [4.69, 9.17) is 4.42 Å². The lowest BCUT2D eigenvalue weighted by Gasteiger charge is -2.35. The highest BCUT2D eigenvalue weighted by Crippen LogP contribution is 2.25. The van der Waals surface area contributed by atoms with Gasteiger partial charge in [0.25, 0.3) is 0 Å². The summed E-state index contributed by atoms with van der Waals surface area (Å²) in [5.41, 5.74) is 4.44. The Bertz CT molecular complexity index is 819. The number of nitrogens with one attached hydrogen (secondary N) is 1. The fraction of sp³-hybridized carbons (Fsp3) is 0.300. The molecule has 1 aliphatic heterocycles. The lowest BCUT2D eigenvalue weighted by molar-refractivity contribution is 0.151. The van der Waals surface area contributed by atoms with E-state index in [0.717, 1.165) is 37.4 Å². The van der Waals surface area contributed by atoms with Gasteiger partial charge in [-0.3, -0.25) is 9.88 Å². The van der Waals surface area contributed by atoms with E-state index >= 15 is 0 Å². The third-order valence-electron chi connectivity index (χ3n) is 4.64. The van der Waals surface area contributed by atoms with Crippen LogP contribution in [-0.2, 0) is 6.54 Å². The molecule has 3 heterocycles. The number of rotatable bonds is 4. The van der Waals surface area contributed by atoms with Crippen molar-refractivity contribution in [3.05, 3.63) is 71.9 Å². The number of hydrogen-bond donors (Lipinski definition) is 1. The number of aryl methyl sites for hydroxylation is 1. The van der Waals surface area contributed by atoms with Crippen LogP contribution in [0.25, 0.3) is 11.5 Å². The summed E-state index contributed by atoms with van der Waals surface area (Å²) in [7, 11) is 0. The van der Waals surface area contributed by atoms with Crippen molar-refractivity contribution in [2.45, 2.75) is 19.5 Å². The summed E-state index contributed by atoms with van der Waals surface area (Å²) in [6, 6.07) is 12.7. The molecule has 0 spiro atoms. The molecule has 0 bridgehead atoms. The van der Waals surface area contributed by atoms with Crippen LogP contribution in [0.3, 0.4) is 0 Å². The van der Waals surface area contributed by atoms with Crippen molar-refractivity contribution >= 4 is 12.4 Å². The monoisotopic (exact) mass is 370 g/mol. The fourth-order valence-electron chi connectivity index (χ4n) is 3.25. The van der Waals surface area contributed by atoms with E-state index in [2.05, 4.69) is 45.3 Å². The average molecular weight is 371 g/mol. The standard InChI is InChI=1S/C20H22N4O.ClH/c1-15-4-6-16(7-5-15)20-23-18(14-25-20)13-24-10-9-22-12-19(24)17-3-2-8-21-11-17;/h2-8,11,14,19,22H,9-10,12-13H2,1H3;1H. The molecule has 5 nitrogen and oxygen atoms in total. The highest BCUT2D eigenvalue weighted by Gasteiger charge is 2.24. The number of pyridine rings is 1. The van der Waals surface area contributed by atoms with Gasteiger partial charge in [0, 0.05) is 50.2 Å². The summed E-state index contributed by atoms with van der Waals surface area (Å²) in [5, 5.41) is 3.47. The molecule has 1 saturated heterocycles. The number of benzene rings is 1. The molecule has 2 aromatic heterocycles. The number of oxazole rings is 1. The second-order valence-electron chi connectivity index (χ2n) is 6.49. The van der Waals surface area contributed by atoms with E-state index in [-0.39, 0.29) is 12.4 Å². The largest absolute Gasteiger partial charge is 0.444 e. The zero-order valence-electron chi connectivity index (χ0n) is 14.8. The molecule has 0 radical (unpaired) electrons. The predicted octanol–water partition coefficient (Wildman–Crippen LogP) is 3.61. The van der Waals surface area contributed by atoms with E-state index in [1.165, 1.54) is 11.1 Å². The Morgan fingerprint density at radius 3 is 2.85 bits per heavy atom. The van der Waals surface area contributed by atoms with Crippen molar-refractivity contribution in [2.24, 2.45) is 0 Å². The minimum absolute atomic E-state index is 0. The molecule has 0 amide bonds. The van der Waals surface area contributed by atoms with Crippen LogP contribution in [0.15, 0.2) is 59.5 Å². The van der Waals surface area contributed by atoms with Crippen molar-refractivity contribution in [2.75, 3.05) is 19.6 Å². The van der Waals surface area contributed by atoms with E-state index in [1.54, 1.807) is 6.26 Å². The highest BCUT2D eigenvalue weighted by atomic mass is 35.5. The van der Waals surface area contributed by atoms with Gasteiger partial charge in [-0.05, 0) is 30.7 Å². The molecule has 1 aliphatic rings. The first-order chi connectivity index (χ1) is 12.3. The van der Waals surface area contributed by atoms with Gasteiger partial charge in [-0.1, -0.05) is 23.8 Å². The summed E-state index contributed by atoms with van der Waals surface area (Å²) in [6.07, 6.45) is 5.54. The van der Waals surface area contributed by atoms with Crippen LogP contribution in [0.5, 0.6) is 0 Å². The molecule has 1 aromatic carbocycles. The second-order valence-corrected chi connectivity index (χ2v) is 6.49. The van der Waals surface area contributed by atoms with Crippen molar-refractivity contribution < 1.29 is 4.42 Å². The number of nitrogens with zero attached hydrogens (tertiary/aromatic N) is 3. The van der Waals surface area contributed by atoms with E-state index in [0.29, 0.717) is 11.9 Å². The van der Waals surface area contributed by atoms with Crippen LogP contribution in [0, 0.1) is 6.92 Å². The normalized spacial score (nSPS) is 17.7. The molecule has 3 aromatic rings. The van der Waals surface area contributed by atoms with Crippen molar-refractivity contribution in [1.29, 1.82) is 0 Å². The molecule has 0 saturated carbocycles. The quantitative estimate of drug-likeness (QED) is 0.760. The minimum Gasteiger partial charge on any atom is -0.444 e. The lowest BCUT2D eigenvalue weighted by atomic mass is 10.1. The summed E-state index contributed by atoms with van der Waals surface area (Å²) >= 11 is 0. The van der Waals surface area contributed by atoms with Gasteiger partial charge in [-0.15, -0.1) is 12.4 Å². The Kier molecular flexibility index (Phi) is 6.04. The van der Waals surface area contributed by atoms with Crippen molar-refractivity contribution in [3.63, 3.8) is 0 Å². The van der Waals surface area contributed by atoms with Gasteiger partial charge in [-0.25, -0.2) is 4.98 Å². The SMILES string of the molecule is Cc1ccc(-c2nc(CN3CCNCC3c3cccnc3)co2)cc1.Cl. The van der Waals surface area contributed by atoms with Gasteiger partial charge in [-0.2, -0.15) is 0 Å². The summed E-state index contributed by atoms with van der Waals surface area (Å²) in [4.78, 5) is 11.4. The molecular formula is C20H23ClN4O. The zero-order chi connectivity index (χ0) is 17.1. The molecule has 0 aliphatic carbocycles. The van der Waals surface area contributed by atoms with E-state index < -0.39 is 0 Å². The lowest BCUT2D eigenvalue weighted by Crippen LogP contribution is -2.45. The first-order valence-electron chi connectivity index (χ1n) is 8.66. The smallest absolute Gasteiger partial charge is 0.226 e. The maximum atomic E-state index is 5.71. The van der Waals surface area contributed by atoms with Crippen LogP contribution < -0.4 is 5.32 Å². The summed E-state index contributed by atoms with van der Waals surface area (Å²) in [5.74, 6) is 0.683. The number of halogens is 1.